The number of thiophene rings is 1. The summed E-state index contributed by atoms with van der Waals surface area (Å²) in [6.07, 6.45) is 3.89. The Morgan fingerprint density at radius 2 is 2.07 bits per heavy atom. The summed E-state index contributed by atoms with van der Waals surface area (Å²) in [5.74, 6) is 0.654. The number of nitrogens with one attached hydrogen (secondary N) is 2. The number of hydrogen-bond acceptors (Lipinski definition) is 7. The summed E-state index contributed by atoms with van der Waals surface area (Å²) in [7, 11) is 0. The van der Waals surface area contributed by atoms with Crippen LogP contribution in [0.5, 0.6) is 0 Å². The van der Waals surface area contributed by atoms with Crippen molar-refractivity contribution in [3.8, 4) is 0 Å². The Balaban J connectivity index is 1.51. The van der Waals surface area contributed by atoms with Crippen molar-refractivity contribution in [2.45, 2.75) is 4.90 Å². The zero-order valence-corrected chi connectivity index (χ0v) is 18.1. The molecule has 152 valence electrons. The van der Waals surface area contributed by atoms with Crippen LogP contribution in [-0.4, -0.2) is 53.2 Å². The third-order valence-electron chi connectivity index (χ3n) is 5.19. The predicted molar refractivity (Wildman–Crippen MR) is 125 cm³/mol. The van der Waals surface area contributed by atoms with E-state index in [2.05, 4.69) is 40.1 Å². The minimum Gasteiger partial charge on any atom is -0.335 e. The highest BCUT2D eigenvalue weighted by Gasteiger charge is 2.20. The van der Waals surface area contributed by atoms with E-state index in [1.807, 2.05) is 35.4 Å². The highest BCUT2D eigenvalue weighted by molar-refractivity contribution is 7.98. The molecule has 1 amide bonds. The number of benzene rings is 2. The van der Waals surface area contributed by atoms with Crippen LogP contribution in [0, 0.1) is 0 Å². The second-order valence-electron chi connectivity index (χ2n) is 7.12. The summed E-state index contributed by atoms with van der Waals surface area (Å²) < 4.78 is 1.06. The second kappa shape index (κ2) is 8.22. The van der Waals surface area contributed by atoms with Crippen molar-refractivity contribution < 1.29 is 4.79 Å². The largest absolute Gasteiger partial charge is 0.335 e. The lowest BCUT2D eigenvalue weighted by molar-refractivity contribution is 0.0741. The fourth-order valence-corrected chi connectivity index (χ4v) is 5.12. The molecule has 1 saturated heterocycles. The number of fused-ring (bicyclic) bond motifs is 3. The van der Waals surface area contributed by atoms with Crippen molar-refractivity contribution in [3.63, 3.8) is 0 Å². The number of carbonyl (C=O) groups excluding carboxylic acids is 1. The highest BCUT2D eigenvalue weighted by atomic mass is 32.2. The molecule has 3 heterocycles. The maximum Gasteiger partial charge on any atom is 0.264 e. The minimum atomic E-state index is 0.104. The van der Waals surface area contributed by atoms with Crippen LogP contribution in [0.25, 0.3) is 21.0 Å². The SMILES string of the molecule is CSc1cccc(Nc2ncc3ccc4sc(C(=O)N5CCNCC5)cc4c3n2)c1. The monoisotopic (exact) mass is 435 g/mol. The van der Waals surface area contributed by atoms with Gasteiger partial charge in [0.05, 0.1) is 10.4 Å². The van der Waals surface area contributed by atoms with Gasteiger partial charge in [0.25, 0.3) is 5.91 Å². The van der Waals surface area contributed by atoms with Crippen molar-refractivity contribution in [1.82, 2.24) is 20.2 Å². The molecule has 0 radical (unpaired) electrons. The summed E-state index contributed by atoms with van der Waals surface area (Å²) >= 11 is 3.23. The summed E-state index contributed by atoms with van der Waals surface area (Å²) in [5.41, 5.74) is 1.81. The molecule has 0 spiro atoms. The molecule has 2 aromatic carbocycles. The molecular formula is C22H21N5OS2. The Labute approximate surface area is 182 Å². The van der Waals surface area contributed by atoms with Gasteiger partial charge < -0.3 is 15.5 Å². The highest BCUT2D eigenvalue weighted by Crippen LogP contribution is 2.32. The minimum absolute atomic E-state index is 0.104. The molecule has 6 nitrogen and oxygen atoms in total. The van der Waals surface area contributed by atoms with E-state index in [0.717, 1.165) is 57.7 Å². The lowest BCUT2D eigenvalue weighted by atomic mass is 10.1. The first-order valence-corrected chi connectivity index (χ1v) is 11.9. The molecule has 0 unspecified atom stereocenters. The molecule has 2 N–H and O–H groups in total. The molecule has 0 bridgehead atoms. The fourth-order valence-electron chi connectivity index (χ4n) is 3.63. The maximum atomic E-state index is 12.9. The van der Waals surface area contributed by atoms with E-state index in [1.54, 1.807) is 11.8 Å². The van der Waals surface area contributed by atoms with Crippen LogP contribution in [0.3, 0.4) is 0 Å². The number of amides is 1. The number of anilines is 2. The van der Waals surface area contributed by atoms with Crippen molar-refractivity contribution in [3.05, 3.63) is 53.5 Å². The van der Waals surface area contributed by atoms with E-state index in [-0.39, 0.29) is 5.91 Å². The third-order valence-corrected chi connectivity index (χ3v) is 7.00. The van der Waals surface area contributed by atoms with Gasteiger partial charge >= 0.3 is 0 Å². The molecule has 30 heavy (non-hydrogen) atoms. The van der Waals surface area contributed by atoms with Crippen molar-refractivity contribution in [2.75, 3.05) is 37.8 Å². The standard InChI is InChI=1S/C22H21N5OS2/c1-29-16-4-2-3-15(11-16)25-22-24-13-14-5-6-18-17(20(14)26-22)12-19(30-18)21(28)27-9-7-23-8-10-27/h2-6,11-13,23H,7-10H2,1H3,(H,24,25,26). The third kappa shape index (κ3) is 3.74. The predicted octanol–water partition coefficient (Wildman–Crippen LogP) is 4.36. The first-order valence-electron chi connectivity index (χ1n) is 9.82. The van der Waals surface area contributed by atoms with Gasteiger partial charge in [0.15, 0.2) is 0 Å². The van der Waals surface area contributed by atoms with Gasteiger partial charge in [-0.3, -0.25) is 4.79 Å². The van der Waals surface area contributed by atoms with Gasteiger partial charge in [-0.25, -0.2) is 9.97 Å². The Bertz CT molecular complexity index is 1230. The topological polar surface area (TPSA) is 70.2 Å². The average molecular weight is 436 g/mol. The normalized spacial score (nSPS) is 14.4. The van der Waals surface area contributed by atoms with Crippen LogP contribution in [0.2, 0.25) is 0 Å². The van der Waals surface area contributed by atoms with Crippen LogP contribution in [-0.2, 0) is 0 Å². The zero-order chi connectivity index (χ0) is 20.5. The van der Waals surface area contributed by atoms with Gasteiger partial charge in [0.1, 0.15) is 0 Å². The van der Waals surface area contributed by atoms with Crippen LogP contribution in [0.15, 0.2) is 53.6 Å². The zero-order valence-electron chi connectivity index (χ0n) is 16.5. The number of hydrogen-bond donors (Lipinski definition) is 2. The molecule has 2 aromatic heterocycles. The average Bonchev–Trinajstić information content (AvgIpc) is 3.24. The van der Waals surface area contributed by atoms with Crippen molar-refractivity contribution >= 4 is 61.6 Å². The number of aromatic nitrogens is 2. The van der Waals surface area contributed by atoms with Crippen molar-refractivity contribution in [1.29, 1.82) is 0 Å². The van der Waals surface area contributed by atoms with Gasteiger partial charge in [-0.15, -0.1) is 23.1 Å². The smallest absolute Gasteiger partial charge is 0.264 e. The Morgan fingerprint density at radius 3 is 2.90 bits per heavy atom. The molecule has 1 fully saturated rings. The van der Waals surface area contributed by atoms with E-state index in [9.17, 15) is 4.79 Å². The molecule has 0 atom stereocenters. The number of rotatable bonds is 4. The van der Waals surface area contributed by atoms with Gasteiger partial charge in [-0.1, -0.05) is 6.07 Å². The van der Waals surface area contributed by atoms with E-state index in [0.29, 0.717) is 5.95 Å². The van der Waals surface area contributed by atoms with E-state index in [1.165, 1.54) is 16.2 Å². The van der Waals surface area contributed by atoms with E-state index in [4.69, 9.17) is 4.98 Å². The molecule has 0 aliphatic carbocycles. The second-order valence-corrected chi connectivity index (χ2v) is 9.08. The number of nitrogens with zero attached hydrogens (tertiary/aromatic N) is 3. The lowest BCUT2D eigenvalue weighted by Crippen LogP contribution is -2.46. The molecule has 4 aromatic rings. The quantitative estimate of drug-likeness (QED) is 0.464. The van der Waals surface area contributed by atoms with Crippen LogP contribution >= 0.6 is 23.1 Å². The van der Waals surface area contributed by atoms with Gasteiger partial charge in [0.2, 0.25) is 5.95 Å². The summed E-state index contributed by atoms with van der Waals surface area (Å²) in [6, 6.07) is 14.2. The van der Waals surface area contributed by atoms with Gasteiger partial charge in [-0.2, -0.15) is 0 Å². The Morgan fingerprint density at radius 1 is 1.20 bits per heavy atom. The number of thioether (sulfide) groups is 1. The maximum absolute atomic E-state index is 12.9. The summed E-state index contributed by atoms with van der Waals surface area (Å²) in [4.78, 5) is 26.1. The summed E-state index contributed by atoms with van der Waals surface area (Å²) in [6.45, 7) is 3.19. The van der Waals surface area contributed by atoms with Crippen LogP contribution in [0.4, 0.5) is 11.6 Å². The molecular weight excluding hydrogens is 414 g/mol. The molecule has 1 aliphatic heterocycles. The van der Waals surface area contributed by atoms with Gasteiger partial charge in [-0.05, 0) is 42.7 Å². The van der Waals surface area contributed by atoms with Crippen LogP contribution < -0.4 is 10.6 Å². The first-order chi connectivity index (χ1) is 14.7. The molecule has 8 heteroatoms. The molecule has 5 rings (SSSR count). The molecule has 0 saturated carbocycles. The summed E-state index contributed by atoms with van der Waals surface area (Å²) in [5, 5.41) is 8.55. The first kappa shape index (κ1) is 19.3. The van der Waals surface area contributed by atoms with E-state index < -0.39 is 0 Å². The number of piperazine rings is 1. The van der Waals surface area contributed by atoms with Crippen LogP contribution in [0.1, 0.15) is 9.67 Å². The number of carbonyl (C=O) groups is 1. The van der Waals surface area contributed by atoms with Gasteiger partial charge in [0, 0.05) is 58.4 Å². The van der Waals surface area contributed by atoms with E-state index >= 15 is 0 Å². The Hall–Kier alpha value is -2.68. The molecule has 1 aliphatic rings. The lowest BCUT2D eigenvalue weighted by Gasteiger charge is -2.26. The Kier molecular flexibility index (Phi) is 5.28. The van der Waals surface area contributed by atoms with Crippen molar-refractivity contribution in [2.24, 2.45) is 0 Å². The fraction of sp³-hybridized carbons (Fsp3) is 0.227.